The van der Waals surface area contributed by atoms with Crippen LogP contribution in [0.15, 0.2) is 53.1 Å². The molecule has 4 aromatic rings. The maximum absolute atomic E-state index is 12.4. The van der Waals surface area contributed by atoms with Crippen molar-refractivity contribution in [3.8, 4) is 17.1 Å². The van der Waals surface area contributed by atoms with Gasteiger partial charge in [0, 0.05) is 15.6 Å². The van der Waals surface area contributed by atoms with Gasteiger partial charge in [-0.05, 0) is 18.2 Å². The minimum atomic E-state index is -0.526. The normalized spacial score (nSPS) is 10.9. The molecule has 0 saturated heterocycles. The molecular formula is C19H13ClN2O4S. The molecule has 8 heteroatoms. The van der Waals surface area contributed by atoms with Gasteiger partial charge in [0.15, 0.2) is 6.61 Å². The predicted octanol–water partition coefficient (Wildman–Crippen LogP) is 4.97. The molecule has 2 heterocycles. The van der Waals surface area contributed by atoms with E-state index in [9.17, 15) is 4.79 Å². The third kappa shape index (κ3) is 3.51. The summed E-state index contributed by atoms with van der Waals surface area (Å²) in [5, 5.41) is 5.13. The molecule has 136 valence electrons. The van der Waals surface area contributed by atoms with E-state index >= 15 is 0 Å². The van der Waals surface area contributed by atoms with Crippen molar-refractivity contribution in [2.24, 2.45) is 0 Å². The topological polar surface area (TPSA) is 74.5 Å². The molecule has 0 bridgehead atoms. The summed E-state index contributed by atoms with van der Waals surface area (Å²) in [4.78, 5) is 17.0. The van der Waals surface area contributed by atoms with Crippen LogP contribution in [-0.4, -0.2) is 23.2 Å². The lowest BCUT2D eigenvalue weighted by Gasteiger charge is -2.00. The first-order valence-corrected chi connectivity index (χ1v) is 9.16. The molecule has 0 atom stereocenters. The Morgan fingerprint density at radius 2 is 2.07 bits per heavy atom. The highest BCUT2D eigenvalue weighted by Gasteiger charge is 2.19. The van der Waals surface area contributed by atoms with Gasteiger partial charge < -0.3 is 14.0 Å². The van der Waals surface area contributed by atoms with Crippen LogP contribution in [0.1, 0.15) is 15.6 Å². The first-order chi connectivity index (χ1) is 13.2. The maximum atomic E-state index is 12.4. The number of aromatic nitrogens is 2. The number of halogens is 1. The largest absolute Gasteiger partial charge is 0.497 e. The number of hydrogen-bond acceptors (Lipinski definition) is 7. The molecule has 0 aliphatic heterocycles. The quantitative estimate of drug-likeness (QED) is 0.440. The number of rotatable bonds is 5. The molecule has 2 aromatic carbocycles. The summed E-state index contributed by atoms with van der Waals surface area (Å²) < 4.78 is 16.5. The smallest absolute Gasteiger partial charge is 0.350 e. The van der Waals surface area contributed by atoms with E-state index in [1.165, 1.54) is 11.3 Å². The number of benzene rings is 2. The van der Waals surface area contributed by atoms with Crippen LogP contribution in [0, 0.1) is 0 Å². The molecule has 0 saturated carbocycles. The standard InChI is InChI=1S/C19H13ClN2O4S/c1-24-12-6-4-5-11(9-12)18-21-15(26-22-18)10-25-19(23)17-16(20)13-7-2-3-8-14(13)27-17/h2-9H,10H2,1H3. The fraction of sp³-hybridized carbons (Fsp3) is 0.105. The summed E-state index contributed by atoms with van der Waals surface area (Å²) in [6.45, 7) is -0.139. The Kier molecular flexibility index (Phi) is 4.79. The molecule has 6 nitrogen and oxygen atoms in total. The minimum Gasteiger partial charge on any atom is -0.497 e. The third-order valence-corrected chi connectivity index (χ3v) is 5.50. The first kappa shape index (κ1) is 17.5. The van der Waals surface area contributed by atoms with Crippen LogP contribution in [0.2, 0.25) is 5.02 Å². The van der Waals surface area contributed by atoms with E-state index in [2.05, 4.69) is 10.1 Å². The number of nitrogens with zero attached hydrogens (tertiary/aromatic N) is 2. The summed E-state index contributed by atoms with van der Waals surface area (Å²) in [6.07, 6.45) is 0. The SMILES string of the molecule is COc1cccc(-c2noc(COC(=O)c3sc4ccccc4c3Cl)n2)c1. The van der Waals surface area contributed by atoms with Gasteiger partial charge in [0.25, 0.3) is 5.89 Å². The molecule has 0 spiro atoms. The van der Waals surface area contributed by atoms with Gasteiger partial charge in [0.05, 0.1) is 12.1 Å². The van der Waals surface area contributed by atoms with Gasteiger partial charge in [0.2, 0.25) is 5.82 Å². The Balaban J connectivity index is 1.48. The van der Waals surface area contributed by atoms with E-state index in [1.54, 1.807) is 13.2 Å². The van der Waals surface area contributed by atoms with Crippen molar-refractivity contribution in [3.63, 3.8) is 0 Å². The van der Waals surface area contributed by atoms with Crippen LogP contribution in [0.5, 0.6) is 5.75 Å². The molecule has 0 fully saturated rings. The number of esters is 1. The van der Waals surface area contributed by atoms with Gasteiger partial charge >= 0.3 is 5.97 Å². The Morgan fingerprint density at radius 3 is 2.89 bits per heavy atom. The van der Waals surface area contributed by atoms with Crippen LogP contribution >= 0.6 is 22.9 Å². The highest BCUT2D eigenvalue weighted by atomic mass is 35.5. The van der Waals surface area contributed by atoms with E-state index in [-0.39, 0.29) is 12.5 Å². The zero-order valence-corrected chi connectivity index (χ0v) is 15.7. The van der Waals surface area contributed by atoms with Crippen molar-refractivity contribution >= 4 is 39.0 Å². The van der Waals surface area contributed by atoms with Crippen LogP contribution in [0.25, 0.3) is 21.5 Å². The van der Waals surface area contributed by atoms with Gasteiger partial charge in [-0.25, -0.2) is 4.79 Å². The summed E-state index contributed by atoms with van der Waals surface area (Å²) >= 11 is 7.58. The Labute approximate surface area is 163 Å². The summed E-state index contributed by atoms with van der Waals surface area (Å²) in [6, 6.07) is 14.8. The zero-order chi connectivity index (χ0) is 18.8. The lowest BCUT2D eigenvalue weighted by atomic mass is 10.2. The van der Waals surface area contributed by atoms with E-state index in [0.29, 0.717) is 21.5 Å². The lowest BCUT2D eigenvalue weighted by molar-refractivity contribution is 0.0436. The molecule has 0 N–H and O–H groups in total. The van der Waals surface area contributed by atoms with Crippen molar-refractivity contribution in [1.29, 1.82) is 0 Å². The van der Waals surface area contributed by atoms with Crippen LogP contribution in [0.4, 0.5) is 0 Å². The molecule has 27 heavy (non-hydrogen) atoms. The summed E-state index contributed by atoms with van der Waals surface area (Å²) in [7, 11) is 1.58. The number of carbonyl (C=O) groups is 1. The van der Waals surface area contributed by atoms with Crippen LogP contribution < -0.4 is 4.74 Å². The minimum absolute atomic E-state index is 0.139. The number of thiophene rings is 1. The van der Waals surface area contributed by atoms with Gasteiger partial charge in [-0.2, -0.15) is 4.98 Å². The second kappa shape index (κ2) is 7.38. The van der Waals surface area contributed by atoms with Gasteiger partial charge in [-0.3, -0.25) is 0 Å². The van der Waals surface area contributed by atoms with Crippen LogP contribution in [-0.2, 0) is 11.3 Å². The second-order valence-corrected chi connectivity index (χ2v) is 6.99. The number of hydrogen-bond donors (Lipinski definition) is 0. The maximum Gasteiger partial charge on any atom is 0.350 e. The summed E-state index contributed by atoms with van der Waals surface area (Å²) in [5.41, 5.74) is 0.739. The van der Waals surface area contributed by atoms with Gasteiger partial charge in [-0.15, -0.1) is 11.3 Å². The van der Waals surface area contributed by atoms with Crippen molar-refractivity contribution < 1.29 is 18.8 Å². The average Bonchev–Trinajstić information content (AvgIpc) is 3.31. The Morgan fingerprint density at radius 1 is 1.22 bits per heavy atom. The highest BCUT2D eigenvalue weighted by Crippen LogP contribution is 2.35. The average molecular weight is 401 g/mol. The number of methoxy groups -OCH3 is 1. The predicted molar refractivity (Wildman–Crippen MR) is 102 cm³/mol. The number of carbonyl (C=O) groups excluding carboxylic acids is 1. The fourth-order valence-electron chi connectivity index (χ4n) is 2.53. The van der Waals surface area contributed by atoms with Gasteiger partial charge in [-0.1, -0.05) is 47.1 Å². The molecule has 2 aromatic heterocycles. The fourth-order valence-corrected chi connectivity index (χ4v) is 3.93. The van der Waals surface area contributed by atoms with Crippen molar-refractivity contribution in [1.82, 2.24) is 10.1 Å². The molecular weight excluding hydrogens is 388 g/mol. The van der Waals surface area contributed by atoms with E-state index < -0.39 is 5.97 Å². The van der Waals surface area contributed by atoms with Crippen molar-refractivity contribution in [2.45, 2.75) is 6.61 Å². The molecule has 0 amide bonds. The Bertz CT molecular complexity index is 1120. The third-order valence-electron chi connectivity index (χ3n) is 3.84. The first-order valence-electron chi connectivity index (χ1n) is 7.97. The van der Waals surface area contributed by atoms with Crippen LogP contribution in [0.3, 0.4) is 0 Å². The van der Waals surface area contributed by atoms with Crippen molar-refractivity contribution in [3.05, 3.63) is 64.3 Å². The Hall–Kier alpha value is -2.90. The number of ether oxygens (including phenoxy) is 2. The van der Waals surface area contributed by atoms with E-state index in [1.807, 2.05) is 42.5 Å². The molecule has 0 unspecified atom stereocenters. The molecule has 0 aliphatic carbocycles. The summed E-state index contributed by atoms with van der Waals surface area (Å²) in [5.74, 6) is 0.741. The lowest BCUT2D eigenvalue weighted by Crippen LogP contribution is -2.04. The highest BCUT2D eigenvalue weighted by molar-refractivity contribution is 7.21. The monoisotopic (exact) mass is 400 g/mol. The van der Waals surface area contributed by atoms with Crippen molar-refractivity contribution in [2.75, 3.05) is 7.11 Å². The second-order valence-electron chi connectivity index (χ2n) is 5.56. The van der Waals surface area contributed by atoms with Gasteiger partial charge in [0.1, 0.15) is 10.6 Å². The van der Waals surface area contributed by atoms with E-state index in [4.69, 9.17) is 25.6 Å². The molecule has 0 radical (unpaired) electrons. The molecule has 0 aliphatic rings. The zero-order valence-electron chi connectivity index (χ0n) is 14.1. The number of fused-ring (bicyclic) bond motifs is 1. The molecule has 4 rings (SSSR count). The van der Waals surface area contributed by atoms with E-state index in [0.717, 1.165) is 15.6 Å².